The van der Waals surface area contributed by atoms with Crippen molar-refractivity contribution in [1.82, 2.24) is 14.7 Å². The van der Waals surface area contributed by atoms with Crippen LogP contribution in [-0.4, -0.2) is 9.38 Å². The molecule has 0 aliphatic heterocycles. The molecule has 1 aromatic carbocycles. The van der Waals surface area contributed by atoms with E-state index >= 15 is 0 Å². The molecule has 0 aliphatic rings. The number of rotatable bonds is 5. The monoisotopic (exact) mass is 339 g/mol. The van der Waals surface area contributed by atoms with Crippen LogP contribution in [0.3, 0.4) is 0 Å². The molecule has 0 fully saturated rings. The molecule has 4 nitrogen and oxygen atoms in total. The zero-order valence-electron chi connectivity index (χ0n) is 14.7. The summed E-state index contributed by atoms with van der Waals surface area (Å²) < 4.78 is 14.7. The molecule has 2 heterocycles. The molecule has 0 saturated carbocycles. The van der Waals surface area contributed by atoms with Gasteiger partial charge in [0.25, 0.3) is 5.56 Å². The van der Waals surface area contributed by atoms with Crippen LogP contribution in [0, 0.1) is 18.7 Å². The van der Waals surface area contributed by atoms with Crippen LogP contribution < -0.4 is 10.9 Å². The van der Waals surface area contributed by atoms with Gasteiger partial charge in [-0.05, 0) is 42.2 Å². The lowest BCUT2D eigenvalue weighted by Crippen LogP contribution is -2.27. The average Bonchev–Trinajstić information content (AvgIpc) is 2.57. The van der Waals surface area contributed by atoms with Gasteiger partial charge in [-0.25, -0.2) is 9.37 Å². The van der Waals surface area contributed by atoms with E-state index in [1.165, 1.54) is 12.1 Å². The van der Waals surface area contributed by atoms with E-state index in [1.807, 2.05) is 19.1 Å². The van der Waals surface area contributed by atoms with Crippen molar-refractivity contribution in [1.29, 1.82) is 0 Å². The second-order valence-corrected chi connectivity index (χ2v) is 6.62. The highest BCUT2D eigenvalue weighted by molar-refractivity contribution is 5.46. The topological polar surface area (TPSA) is 46.4 Å². The second-order valence-electron chi connectivity index (χ2n) is 6.62. The fourth-order valence-corrected chi connectivity index (χ4v) is 3.02. The number of aromatic nitrogens is 2. The molecular weight excluding hydrogens is 317 g/mol. The van der Waals surface area contributed by atoms with Crippen LogP contribution in [0.25, 0.3) is 5.65 Å². The van der Waals surface area contributed by atoms with Crippen molar-refractivity contribution in [2.45, 2.75) is 33.4 Å². The summed E-state index contributed by atoms with van der Waals surface area (Å²) in [6.07, 6.45) is 1.73. The Hall–Kier alpha value is -2.53. The second kappa shape index (κ2) is 7.15. The van der Waals surface area contributed by atoms with Crippen LogP contribution in [-0.2, 0) is 6.54 Å². The molecule has 0 aliphatic carbocycles. The summed E-state index contributed by atoms with van der Waals surface area (Å²) in [5.41, 5.74) is 3.26. The first-order valence-electron chi connectivity index (χ1n) is 8.42. The van der Waals surface area contributed by atoms with E-state index in [2.05, 4.69) is 24.1 Å². The number of hydrogen-bond donors (Lipinski definition) is 1. The molecule has 0 radical (unpaired) electrons. The van der Waals surface area contributed by atoms with Crippen molar-refractivity contribution in [3.8, 4) is 0 Å². The van der Waals surface area contributed by atoms with E-state index < -0.39 is 0 Å². The lowest BCUT2D eigenvalue weighted by Gasteiger charge is -2.23. The highest BCUT2D eigenvalue weighted by atomic mass is 19.1. The van der Waals surface area contributed by atoms with Crippen LogP contribution in [0.4, 0.5) is 4.39 Å². The van der Waals surface area contributed by atoms with Crippen molar-refractivity contribution < 1.29 is 4.39 Å². The molecule has 0 amide bonds. The number of nitrogens with zero attached hydrogens (tertiary/aromatic N) is 2. The van der Waals surface area contributed by atoms with Crippen molar-refractivity contribution in [2.24, 2.45) is 5.92 Å². The molecule has 0 saturated heterocycles. The van der Waals surface area contributed by atoms with Crippen molar-refractivity contribution >= 4 is 5.65 Å². The molecule has 1 N–H and O–H groups in total. The normalized spacial score (nSPS) is 12.7. The summed E-state index contributed by atoms with van der Waals surface area (Å²) in [6.45, 7) is 6.62. The molecule has 0 spiro atoms. The van der Waals surface area contributed by atoms with Crippen molar-refractivity contribution in [2.75, 3.05) is 0 Å². The fraction of sp³-hybridized carbons (Fsp3) is 0.300. The fourth-order valence-electron chi connectivity index (χ4n) is 3.02. The van der Waals surface area contributed by atoms with Crippen LogP contribution in [0.5, 0.6) is 0 Å². The molecule has 2 aromatic heterocycles. The molecular formula is C20H22FN3O. The third-order valence-corrected chi connectivity index (χ3v) is 4.34. The third kappa shape index (κ3) is 3.77. The summed E-state index contributed by atoms with van der Waals surface area (Å²) in [5, 5.41) is 3.45. The highest BCUT2D eigenvalue weighted by Crippen LogP contribution is 2.22. The van der Waals surface area contributed by atoms with Gasteiger partial charge in [-0.1, -0.05) is 32.0 Å². The van der Waals surface area contributed by atoms with Gasteiger partial charge in [-0.15, -0.1) is 0 Å². The van der Waals surface area contributed by atoms with E-state index in [4.69, 9.17) is 0 Å². The Kier molecular flexibility index (Phi) is 4.95. The molecule has 1 atom stereocenters. The minimum absolute atomic E-state index is 0.0534. The van der Waals surface area contributed by atoms with Crippen LogP contribution in [0.2, 0.25) is 0 Å². The predicted octanol–water partition coefficient (Wildman–Crippen LogP) is 3.63. The molecule has 5 heteroatoms. The number of nitrogens with one attached hydrogen (secondary N) is 1. The van der Waals surface area contributed by atoms with Gasteiger partial charge in [-0.2, -0.15) is 0 Å². The van der Waals surface area contributed by atoms with E-state index in [0.29, 0.717) is 23.8 Å². The van der Waals surface area contributed by atoms with Crippen molar-refractivity contribution in [3.05, 3.63) is 81.7 Å². The van der Waals surface area contributed by atoms with Gasteiger partial charge < -0.3 is 5.32 Å². The molecule has 3 rings (SSSR count). The lowest BCUT2D eigenvalue weighted by molar-refractivity contribution is 0.408. The van der Waals surface area contributed by atoms with Crippen LogP contribution >= 0.6 is 0 Å². The zero-order valence-corrected chi connectivity index (χ0v) is 14.7. The van der Waals surface area contributed by atoms with Gasteiger partial charge in [0.2, 0.25) is 0 Å². The summed E-state index contributed by atoms with van der Waals surface area (Å²) >= 11 is 0. The van der Waals surface area contributed by atoms with Gasteiger partial charge >= 0.3 is 0 Å². The van der Waals surface area contributed by atoms with Gasteiger partial charge in [0, 0.05) is 24.8 Å². The average molecular weight is 339 g/mol. The smallest absolute Gasteiger partial charge is 0.258 e. The zero-order chi connectivity index (χ0) is 18.0. The Balaban J connectivity index is 1.86. The first-order valence-corrected chi connectivity index (χ1v) is 8.42. The first-order chi connectivity index (χ1) is 12.0. The number of fused-ring (bicyclic) bond motifs is 1. The first kappa shape index (κ1) is 17.3. The molecule has 25 heavy (non-hydrogen) atoms. The van der Waals surface area contributed by atoms with E-state index in [-0.39, 0.29) is 17.4 Å². The molecule has 1 unspecified atom stereocenters. The molecule has 0 bridgehead atoms. The third-order valence-electron chi connectivity index (χ3n) is 4.34. The lowest BCUT2D eigenvalue weighted by atomic mass is 9.96. The number of halogens is 1. The van der Waals surface area contributed by atoms with Crippen molar-refractivity contribution in [3.63, 3.8) is 0 Å². The Bertz CT molecular complexity index is 932. The largest absolute Gasteiger partial charge is 0.304 e. The maximum absolute atomic E-state index is 13.2. The van der Waals surface area contributed by atoms with Crippen LogP contribution in [0.15, 0.2) is 53.5 Å². The Morgan fingerprint density at radius 2 is 1.92 bits per heavy atom. The van der Waals surface area contributed by atoms with Gasteiger partial charge in [0.05, 0.1) is 5.69 Å². The SMILES string of the molecule is Cc1cccn2c(=O)cc(CNC(c3ccc(F)cc3)C(C)C)nc12. The minimum atomic E-state index is -0.244. The Labute approximate surface area is 146 Å². The van der Waals surface area contributed by atoms with Gasteiger partial charge in [-0.3, -0.25) is 9.20 Å². The minimum Gasteiger partial charge on any atom is -0.304 e. The quantitative estimate of drug-likeness (QED) is 0.772. The highest BCUT2D eigenvalue weighted by Gasteiger charge is 2.16. The van der Waals surface area contributed by atoms with Crippen LogP contribution in [0.1, 0.15) is 36.7 Å². The number of benzene rings is 1. The summed E-state index contributed by atoms with van der Waals surface area (Å²) in [5.74, 6) is 0.0692. The van der Waals surface area contributed by atoms with E-state index in [0.717, 1.165) is 11.1 Å². The number of aryl methyl sites for hydroxylation is 1. The molecule has 3 aromatic rings. The standard InChI is InChI=1S/C20H22FN3O/c1-13(2)19(15-6-8-16(21)9-7-15)22-12-17-11-18(25)24-10-4-5-14(3)20(24)23-17/h4-11,13,19,22H,12H2,1-3H3. The number of hydrogen-bond acceptors (Lipinski definition) is 3. The maximum Gasteiger partial charge on any atom is 0.258 e. The summed E-state index contributed by atoms with van der Waals surface area (Å²) in [7, 11) is 0. The van der Waals surface area contributed by atoms with E-state index in [1.54, 1.807) is 28.8 Å². The van der Waals surface area contributed by atoms with Gasteiger partial charge in [0.1, 0.15) is 11.5 Å². The van der Waals surface area contributed by atoms with Gasteiger partial charge in [0.15, 0.2) is 0 Å². The maximum atomic E-state index is 13.2. The van der Waals surface area contributed by atoms with E-state index in [9.17, 15) is 9.18 Å². The Morgan fingerprint density at radius 3 is 2.60 bits per heavy atom. The summed E-state index contributed by atoms with van der Waals surface area (Å²) in [4.78, 5) is 16.9. The molecule has 130 valence electrons. The Morgan fingerprint density at radius 1 is 1.20 bits per heavy atom. The summed E-state index contributed by atoms with van der Waals surface area (Å²) in [6, 6.07) is 11.9. The predicted molar refractivity (Wildman–Crippen MR) is 97.0 cm³/mol. The number of pyridine rings is 1.